The van der Waals surface area contributed by atoms with Gasteiger partial charge in [-0.15, -0.1) is 0 Å². The van der Waals surface area contributed by atoms with E-state index in [1.54, 1.807) is 0 Å². The van der Waals surface area contributed by atoms with Gasteiger partial charge in [-0.3, -0.25) is 0 Å². The third-order valence-electron chi connectivity index (χ3n) is 0.872. The first-order chi connectivity index (χ1) is 4.62. The van der Waals surface area contributed by atoms with Gasteiger partial charge in [0, 0.05) is 17.9 Å². The number of aliphatic hydroxyl groups excluding tert-OH is 1. The number of azide groups is 1. The molecule has 0 unspecified atom stereocenters. The van der Waals surface area contributed by atoms with Crippen LogP contribution < -0.4 is 0 Å². The van der Waals surface area contributed by atoms with E-state index < -0.39 is 19.0 Å². The van der Waals surface area contributed by atoms with Crippen LogP contribution in [0.15, 0.2) is 5.11 Å². The Hall–Kier alpha value is -0.870. The Kier molecular flexibility index (Phi) is 3.68. The quantitative estimate of drug-likeness (QED) is 0.367. The Morgan fingerprint density at radius 2 is 2.20 bits per heavy atom. The van der Waals surface area contributed by atoms with E-state index in [-0.39, 0.29) is 6.54 Å². The molecule has 0 fully saturated rings. The maximum Gasteiger partial charge on any atom is 0.270 e. The molecule has 0 heterocycles. The minimum atomic E-state index is -3.12. The van der Waals surface area contributed by atoms with Gasteiger partial charge in [-0.05, 0) is 5.53 Å². The third-order valence-corrected chi connectivity index (χ3v) is 0.872. The summed E-state index contributed by atoms with van der Waals surface area (Å²) in [5, 5.41) is 10.9. The summed E-state index contributed by atoms with van der Waals surface area (Å²) < 4.78 is 24.1. The lowest BCUT2D eigenvalue weighted by Gasteiger charge is -2.09. The average Bonchev–Trinajstić information content (AvgIpc) is 1.89. The second-order valence-electron chi connectivity index (χ2n) is 1.72. The summed E-state index contributed by atoms with van der Waals surface area (Å²) >= 11 is 0. The van der Waals surface area contributed by atoms with Gasteiger partial charge < -0.3 is 5.11 Å². The zero-order chi connectivity index (χ0) is 8.04. The summed E-state index contributed by atoms with van der Waals surface area (Å²) in [5.41, 5.74) is 7.69. The molecule has 0 aromatic carbocycles. The summed E-state index contributed by atoms with van der Waals surface area (Å²) in [6.45, 7) is -1.49. The van der Waals surface area contributed by atoms with E-state index in [4.69, 9.17) is 10.6 Å². The molecular weight excluding hydrogens is 144 g/mol. The number of aliphatic hydroxyl groups is 1. The zero-order valence-electron chi connectivity index (χ0n) is 5.17. The molecule has 0 bridgehead atoms. The standard InChI is InChI=1S/C4H7F2N3O/c5-4(6,3-10)1-2-8-9-7/h10H,1-3H2. The number of rotatable bonds is 4. The number of hydrogen-bond acceptors (Lipinski definition) is 2. The Morgan fingerprint density at radius 3 is 2.60 bits per heavy atom. The average molecular weight is 151 g/mol. The highest BCUT2D eigenvalue weighted by Crippen LogP contribution is 2.16. The molecule has 0 saturated carbocycles. The highest BCUT2D eigenvalue weighted by molar-refractivity contribution is 4.65. The van der Waals surface area contributed by atoms with Crippen LogP contribution in [0.1, 0.15) is 6.42 Å². The first-order valence-electron chi connectivity index (χ1n) is 2.62. The maximum atomic E-state index is 12.0. The smallest absolute Gasteiger partial charge is 0.270 e. The van der Waals surface area contributed by atoms with E-state index in [1.807, 2.05) is 0 Å². The monoisotopic (exact) mass is 151 g/mol. The second kappa shape index (κ2) is 4.03. The first kappa shape index (κ1) is 9.13. The van der Waals surface area contributed by atoms with Crippen molar-refractivity contribution in [2.45, 2.75) is 12.3 Å². The molecule has 0 rings (SSSR count). The van der Waals surface area contributed by atoms with Crippen molar-refractivity contribution in [3.8, 4) is 0 Å². The molecule has 0 aromatic rings. The summed E-state index contributed by atoms with van der Waals surface area (Å²) in [7, 11) is 0. The van der Waals surface area contributed by atoms with E-state index >= 15 is 0 Å². The third kappa shape index (κ3) is 4.05. The van der Waals surface area contributed by atoms with Crippen molar-refractivity contribution in [1.29, 1.82) is 0 Å². The second-order valence-corrected chi connectivity index (χ2v) is 1.72. The van der Waals surface area contributed by atoms with Crippen molar-refractivity contribution in [2.24, 2.45) is 5.11 Å². The van der Waals surface area contributed by atoms with Crippen LogP contribution in [0.25, 0.3) is 10.4 Å². The van der Waals surface area contributed by atoms with E-state index in [0.717, 1.165) is 0 Å². The molecular formula is C4H7F2N3O. The molecule has 0 amide bonds. The molecule has 0 aliphatic carbocycles. The highest BCUT2D eigenvalue weighted by atomic mass is 19.3. The molecule has 0 aliphatic heterocycles. The van der Waals surface area contributed by atoms with Gasteiger partial charge >= 0.3 is 0 Å². The van der Waals surface area contributed by atoms with Crippen LogP contribution in [0.4, 0.5) is 8.78 Å². The van der Waals surface area contributed by atoms with Crippen LogP contribution in [0, 0.1) is 0 Å². The molecule has 0 spiro atoms. The number of halogens is 2. The van der Waals surface area contributed by atoms with Crippen LogP contribution in [0.3, 0.4) is 0 Å². The van der Waals surface area contributed by atoms with E-state index in [9.17, 15) is 8.78 Å². The minimum absolute atomic E-state index is 0.288. The Bertz CT molecular complexity index is 143. The van der Waals surface area contributed by atoms with E-state index in [1.165, 1.54) is 0 Å². The van der Waals surface area contributed by atoms with Gasteiger partial charge in [0.05, 0.1) is 0 Å². The predicted molar refractivity (Wildman–Crippen MR) is 30.7 cm³/mol. The highest BCUT2D eigenvalue weighted by Gasteiger charge is 2.26. The Balaban J connectivity index is 3.56. The van der Waals surface area contributed by atoms with Crippen LogP contribution in [-0.2, 0) is 0 Å². The maximum absolute atomic E-state index is 12.0. The van der Waals surface area contributed by atoms with Gasteiger partial charge in [0.25, 0.3) is 5.92 Å². The summed E-state index contributed by atoms with van der Waals surface area (Å²) in [4.78, 5) is 2.28. The van der Waals surface area contributed by atoms with Gasteiger partial charge in [0.2, 0.25) is 0 Å². The molecule has 0 atom stereocenters. The van der Waals surface area contributed by atoms with Gasteiger partial charge in [-0.2, -0.15) is 0 Å². The molecule has 0 aromatic heterocycles. The zero-order valence-corrected chi connectivity index (χ0v) is 5.17. The minimum Gasteiger partial charge on any atom is -0.390 e. The fourth-order valence-corrected chi connectivity index (χ4v) is 0.337. The molecule has 0 saturated heterocycles. The molecule has 10 heavy (non-hydrogen) atoms. The van der Waals surface area contributed by atoms with Crippen LogP contribution in [0.5, 0.6) is 0 Å². The fraction of sp³-hybridized carbons (Fsp3) is 1.00. The van der Waals surface area contributed by atoms with E-state index in [2.05, 4.69) is 10.0 Å². The fourth-order valence-electron chi connectivity index (χ4n) is 0.337. The van der Waals surface area contributed by atoms with Crippen LogP contribution in [0.2, 0.25) is 0 Å². The van der Waals surface area contributed by atoms with Crippen molar-refractivity contribution in [3.05, 3.63) is 10.4 Å². The van der Waals surface area contributed by atoms with Crippen molar-refractivity contribution in [1.82, 2.24) is 0 Å². The molecule has 0 radical (unpaired) electrons. The van der Waals surface area contributed by atoms with Crippen molar-refractivity contribution >= 4 is 0 Å². The molecule has 0 aliphatic rings. The van der Waals surface area contributed by atoms with Crippen LogP contribution in [-0.4, -0.2) is 24.2 Å². The number of nitrogens with zero attached hydrogens (tertiary/aromatic N) is 3. The van der Waals surface area contributed by atoms with Gasteiger partial charge in [-0.25, -0.2) is 8.78 Å². The molecule has 58 valence electrons. The Morgan fingerprint density at radius 1 is 1.60 bits per heavy atom. The van der Waals surface area contributed by atoms with Gasteiger partial charge in [0.15, 0.2) is 0 Å². The van der Waals surface area contributed by atoms with Gasteiger partial charge in [0.1, 0.15) is 6.61 Å². The largest absolute Gasteiger partial charge is 0.390 e. The number of hydrogen-bond donors (Lipinski definition) is 1. The lowest BCUT2D eigenvalue weighted by atomic mass is 10.2. The van der Waals surface area contributed by atoms with E-state index in [0.29, 0.717) is 0 Å². The van der Waals surface area contributed by atoms with Crippen molar-refractivity contribution in [3.63, 3.8) is 0 Å². The summed E-state index contributed by atoms with van der Waals surface area (Å²) in [6, 6.07) is 0. The lowest BCUT2D eigenvalue weighted by Crippen LogP contribution is -2.21. The molecule has 1 N–H and O–H groups in total. The lowest BCUT2D eigenvalue weighted by molar-refractivity contribution is -0.0540. The Labute approximate surface area is 56.1 Å². The van der Waals surface area contributed by atoms with Crippen LogP contribution >= 0.6 is 0 Å². The predicted octanol–water partition coefficient (Wildman–Crippen LogP) is 1.31. The topological polar surface area (TPSA) is 69.0 Å². The summed E-state index contributed by atoms with van der Waals surface area (Å²) in [5.74, 6) is -3.12. The normalized spacial score (nSPS) is 10.7. The molecule has 6 heteroatoms. The SMILES string of the molecule is [N-]=[N+]=NCCC(F)(F)CO. The van der Waals surface area contributed by atoms with Crippen molar-refractivity contribution in [2.75, 3.05) is 13.2 Å². The van der Waals surface area contributed by atoms with Crippen molar-refractivity contribution < 1.29 is 13.9 Å². The first-order valence-corrected chi connectivity index (χ1v) is 2.62. The molecule has 4 nitrogen and oxygen atoms in total. The summed E-state index contributed by atoms with van der Waals surface area (Å²) in [6.07, 6.45) is -0.604. The number of alkyl halides is 2. The van der Waals surface area contributed by atoms with Gasteiger partial charge in [-0.1, -0.05) is 5.11 Å².